The molecule has 1 fully saturated rings. The lowest BCUT2D eigenvalue weighted by atomic mass is 10.1. The molecule has 1 saturated heterocycles. The molecule has 2 aromatic heterocycles. The maximum absolute atomic E-state index is 6.07. The molecule has 3 rings (SSSR count). The van der Waals surface area contributed by atoms with Crippen LogP contribution in [0.4, 0.5) is 0 Å². The van der Waals surface area contributed by atoms with Gasteiger partial charge in [0.25, 0.3) is 0 Å². The molecule has 1 aliphatic heterocycles. The second-order valence-corrected chi connectivity index (χ2v) is 5.60. The highest BCUT2D eigenvalue weighted by molar-refractivity contribution is 6.16. The van der Waals surface area contributed by atoms with E-state index < -0.39 is 0 Å². The van der Waals surface area contributed by atoms with Crippen LogP contribution in [0.1, 0.15) is 37.7 Å². The summed E-state index contributed by atoms with van der Waals surface area (Å²) >= 11 is 6.07. The summed E-state index contributed by atoms with van der Waals surface area (Å²) in [5, 5.41) is 4.55. The lowest BCUT2D eigenvalue weighted by Crippen LogP contribution is -2.25. The van der Waals surface area contributed by atoms with Crippen molar-refractivity contribution in [2.45, 2.75) is 58.2 Å². The van der Waals surface area contributed by atoms with Crippen molar-refractivity contribution in [3.05, 3.63) is 11.5 Å². The van der Waals surface area contributed by atoms with Crippen LogP contribution in [0, 0.1) is 6.92 Å². The van der Waals surface area contributed by atoms with E-state index in [1.54, 1.807) is 0 Å². The van der Waals surface area contributed by atoms with Crippen molar-refractivity contribution in [1.29, 1.82) is 0 Å². The zero-order valence-electron chi connectivity index (χ0n) is 12.1. The van der Waals surface area contributed by atoms with Gasteiger partial charge in [0.05, 0.1) is 24.2 Å². The lowest BCUT2D eigenvalue weighted by Gasteiger charge is -2.23. The van der Waals surface area contributed by atoms with Crippen molar-refractivity contribution in [3.8, 4) is 0 Å². The smallest absolute Gasteiger partial charge is 0.159 e. The SMILES string of the molecule is CCn1nc(C)c2nc(CCl)n(CC3CCCCO3)c21. The molecule has 2 aromatic rings. The Morgan fingerprint density at radius 1 is 1.40 bits per heavy atom. The van der Waals surface area contributed by atoms with Crippen molar-refractivity contribution in [2.24, 2.45) is 0 Å². The van der Waals surface area contributed by atoms with E-state index >= 15 is 0 Å². The molecule has 0 aromatic carbocycles. The predicted molar refractivity (Wildman–Crippen MR) is 79.1 cm³/mol. The number of hydrogen-bond donors (Lipinski definition) is 0. The number of aromatic nitrogens is 4. The number of fused-ring (bicyclic) bond motifs is 1. The normalized spacial score (nSPS) is 19.9. The van der Waals surface area contributed by atoms with Gasteiger partial charge in [-0.3, -0.25) is 0 Å². The van der Waals surface area contributed by atoms with Crippen LogP contribution in [0.25, 0.3) is 11.2 Å². The highest BCUT2D eigenvalue weighted by Crippen LogP contribution is 2.23. The van der Waals surface area contributed by atoms with Gasteiger partial charge in [0.1, 0.15) is 11.3 Å². The van der Waals surface area contributed by atoms with E-state index in [4.69, 9.17) is 16.3 Å². The van der Waals surface area contributed by atoms with Gasteiger partial charge in [0, 0.05) is 13.2 Å². The van der Waals surface area contributed by atoms with E-state index in [9.17, 15) is 0 Å². The van der Waals surface area contributed by atoms with Crippen LogP contribution in [-0.2, 0) is 23.7 Å². The average molecular weight is 297 g/mol. The summed E-state index contributed by atoms with van der Waals surface area (Å²) in [5.74, 6) is 1.34. The van der Waals surface area contributed by atoms with E-state index in [2.05, 4.69) is 21.6 Å². The highest BCUT2D eigenvalue weighted by Gasteiger charge is 2.22. The minimum Gasteiger partial charge on any atom is -0.376 e. The van der Waals surface area contributed by atoms with Crippen LogP contribution in [0.3, 0.4) is 0 Å². The van der Waals surface area contributed by atoms with Crippen LogP contribution in [0.5, 0.6) is 0 Å². The first-order valence-corrected chi connectivity index (χ1v) is 7.88. The second-order valence-electron chi connectivity index (χ2n) is 5.33. The fourth-order valence-electron chi connectivity index (χ4n) is 2.94. The molecule has 0 radical (unpaired) electrons. The number of halogens is 1. The van der Waals surface area contributed by atoms with Crippen LogP contribution in [0.2, 0.25) is 0 Å². The van der Waals surface area contributed by atoms with Gasteiger partial charge >= 0.3 is 0 Å². The minimum atomic E-state index is 0.267. The summed E-state index contributed by atoms with van der Waals surface area (Å²) in [4.78, 5) is 4.66. The van der Waals surface area contributed by atoms with Crippen LogP contribution < -0.4 is 0 Å². The molecule has 110 valence electrons. The molecule has 6 heteroatoms. The van der Waals surface area contributed by atoms with Crippen molar-refractivity contribution in [2.75, 3.05) is 6.61 Å². The number of aryl methyl sites for hydroxylation is 2. The van der Waals surface area contributed by atoms with E-state index in [-0.39, 0.29) is 6.10 Å². The summed E-state index contributed by atoms with van der Waals surface area (Å²) in [6.07, 6.45) is 3.79. The number of nitrogens with zero attached hydrogens (tertiary/aromatic N) is 4. The Balaban J connectivity index is 2.02. The van der Waals surface area contributed by atoms with Gasteiger partial charge in [-0.25, -0.2) is 9.67 Å². The van der Waals surface area contributed by atoms with Gasteiger partial charge in [-0.1, -0.05) is 0 Å². The molecular formula is C14H21ClN4O. The van der Waals surface area contributed by atoms with E-state index in [0.29, 0.717) is 5.88 Å². The third-order valence-corrected chi connectivity index (χ3v) is 4.20. The Kier molecular flexibility index (Phi) is 3.98. The third-order valence-electron chi connectivity index (χ3n) is 3.96. The van der Waals surface area contributed by atoms with Crippen LogP contribution in [0.15, 0.2) is 0 Å². The van der Waals surface area contributed by atoms with Crippen LogP contribution >= 0.6 is 11.6 Å². The highest BCUT2D eigenvalue weighted by atomic mass is 35.5. The first-order chi connectivity index (χ1) is 9.74. The van der Waals surface area contributed by atoms with E-state index in [1.807, 2.05) is 11.6 Å². The molecule has 0 aliphatic carbocycles. The zero-order valence-corrected chi connectivity index (χ0v) is 12.9. The molecular weight excluding hydrogens is 276 g/mol. The molecule has 5 nitrogen and oxygen atoms in total. The summed E-state index contributed by atoms with van der Waals surface area (Å²) in [6.45, 7) is 6.62. The molecule has 1 aliphatic rings. The molecule has 1 atom stereocenters. The van der Waals surface area contributed by atoms with E-state index in [1.165, 1.54) is 12.8 Å². The Bertz CT molecular complexity index is 598. The molecule has 1 unspecified atom stereocenters. The lowest BCUT2D eigenvalue weighted by molar-refractivity contribution is 0.00610. The second kappa shape index (κ2) is 5.74. The van der Waals surface area contributed by atoms with Gasteiger partial charge in [-0.15, -0.1) is 11.6 Å². The molecule has 0 N–H and O–H groups in total. The van der Waals surface area contributed by atoms with Gasteiger partial charge in [0.2, 0.25) is 0 Å². The molecule has 0 saturated carbocycles. The van der Waals surface area contributed by atoms with E-state index in [0.717, 1.165) is 48.8 Å². The Morgan fingerprint density at radius 3 is 2.90 bits per heavy atom. The minimum absolute atomic E-state index is 0.267. The molecule has 3 heterocycles. The first kappa shape index (κ1) is 13.9. The number of imidazole rings is 1. The van der Waals surface area contributed by atoms with Crippen molar-refractivity contribution >= 4 is 22.8 Å². The van der Waals surface area contributed by atoms with Crippen LogP contribution in [-0.4, -0.2) is 32.0 Å². The number of ether oxygens (including phenoxy) is 1. The topological polar surface area (TPSA) is 44.9 Å². The van der Waals surface area contributed by atoms with Gasteiger partial charge in [0.15, 0.2) is 5.65 Å². The van der Waals surface area contributed by atoms with Gasteiger partial charge < -0.3 is 9.30 Å². The fourth-order valence-corrected chi connectivity index (χ4v) is 3.14. The zero-order chi connectivity index (χ0) is 14.1. The third kappa shape index (κ3) is 2.33. The average Bonchev–Trinajstić information content (AvgIpc) is 2.99. The molecule has 0 amide bonds. The van der Waals surface area contributed by atoms with Crippen molar-refractivity contribution < 1.29 is 4.74 Å². The first-order valence-electron chi connectivity index (χ1n) is 7.34. The number of rotatable bonds is 4. The maximum Gasteiger partial charge on any atom is 0.159 e. The fraction of sp³-hybridized carbons (Fsp3) is 0.714. The Labute approximate surface area is 123 Å². The quantitative estimate of drug-likeness (QED) is 0.815. The maximum atomic E-state index is 6.07. The van der Waals surface area contributed by atoms with Gasteiger partial charge in [-0.2, -0.15) is 5.10 Å². The summed E-state index contributed by atoms with van der Waals surface area (Å²) < 4.78 is 10.1. The van der Waals surface area contributed by atoms with Gasteiger partial charge in [-0.05, 0) is 33.1 Å². The Hall–Kier alpha value is -1.07. The summed E-state index contributed by atoms with van der Waals surface area (Å²) in [6, 6.07) is 0. The monoisotopic (exact) mass is 296 g/mol. The molecule has 0 bridgehead atoms. The number of hydrogen-bond acceptors (Lipinski definition) is 3. The van der Waals surface area contributed by atoms with Crippen molar-refractivity contribution in [1.82, 2.24) is 19.3 Å². The largest absolute Gasteiger partial charge is 0.376 e. The number of alkyl halides is 1. The van der Waals surface area contributed by atoms with Crippen molar-refractivity contribution in [3.63, 3.8) is 0 Å². The predicted octanol–water partition coefficient (Wildman–Crippen LogP) is 2.87. The summed E-state index contributed by atoms with van der Waals surface area (Å²) in [7, 11) is 0. The standard InChI is InChI=1S/C14H21ClN4O/c1-3-19-14-13(10(2)17-19)16-12(8-15)18(14)9-11-6-4-5-7-20-11/h11H,3-9H2,1-2H3. The Morgan fingerprint density at radius 2 is 2.25 bits per heavy atom. The summed E-state index contributed by atoms with van der Waals surface area (Å²) in [5.41, 5.74) is 3.02. The molecule has 20 heavy (non-hydrogen) atoms. The molecule has 0 spiro atoms.